The van der Waals surface area contributed by atoms with E-state index in [1.165, 1.54) is 0 Å². The monoisotopic (exact) mass is 205 g/mol. The average Bonchev–Trinajstić information content (AvgIpc) is 2.10. The number of hydrogen-bond acceptors (Lipinski definition) is 5. The first-order chi connectivity index (χ1) is 6.45. The van der Waals surface area contributed by atoms with Crippen molar-refractivity contribution in [3.05, 3.63) is 10.1 Å². The fourth-order valence-electron chi connectivity index (χ4n) is 0.658. The maximum atomic E-state index is 11.2. The molecule has 0 saturated carbocycles. The Balaban J connectivity index is 3.59. The van der Waals surface area contributed by atoms with Crippen molar-refractivity contribution in [2.45, 2.75) is 20.8 Å². The minimum Gasteiger partial charge on any atom is -0.463 e. The Morgan fingerprint density at radius 2 is 1.93 bits per heavy atom. The zero-order chi connectivity index (χ0) is 11.1. The van der Waals surface area contributed by atoms with Crippen molar-refractivity contribution < 1.29 is 19.5 Å². The van der Waals surface area contributed by atoms with Gasteiger partial charge in [-0.15, -0.1) is 10.1 Å². The summed E-state index contributed by atoms with van der Waals surface area (Å²) in [7, 11) is 0. The number of ether oxygens (including phenoxy) is 1. The molecular formula is C8H15NO5. The maximum absolute atomic E-state index is 11.2. The van der Waals surface area contributed by atoms with Gasteiger partial charge in [-0.3, -0.25) is 4.79 Å². The van der Waals surface area contributed by atoms with Crippen LogP contribution in [0.1, 0.15) is 20.8 Å². The molecule has 0 aliphatic rings. The van der Waals surface area contributed by atoms with Crippen molar-refractivity contribution in [3.63, 3.8) is 0 Å². The van der Waals surface area contributed by atoms with Crippen LogP contribution in [0.25, 0.3) is 0 Å². The van der Waals surface area contributed by atoms with Crippen LogP contribution in [-0.2, 0) is 14.4 Å². The predicted molar refractivity (Wildman–Crippen MR) is 47.9 cm³/mol. The second kappa shape index (κ2) is 6.17. The Morgan fingerprint density at radius 3 is 2.36 bits per heavy atom. The van der Waals surface area contributed by atoms with Crippen molar-refractivity contribution in [3.8, 4) is 0 Å². The van der Waals surface area contributed by atoms with E-state index >= 15 is 0 Å². The third-order valence-electron chi connectivity index (χ3n) is 1.90. The van der Waals surface area contributed by atoms with Gasteiger partial charge in [-0.1, -0.05) is 20.8 Å². The molecule has 0 bridgehead atoms. The molecule has 0 aromatic heterocycles. The van der Waals surface area contributed by atoms with Crippen molar-refractivity contribution >= 4 is 5.97 Å². The number of rotatable bonds is 6. The van der Waals surface area contributed by atoms with Gasteiger partial charge >= 0.3 is 5.97 Å². The van der Waals surface area contributed by atoms with E-state index in [1.54, 1.807) is 6.92 Å². The van der Waals surface area contributed by atoms with Crippen LogP contribution in [0.2, 0.25) is 0 Å². The third-order valence-corrected chi connectivity index (χ3v) is 1.90. The van der Waals surface area contributed by atoms with Gasteiger partial charge in [0, 0.05) is 0 Å². The fraction of sp³-hybridized carbons (Fsp3) is 0.875. The Labute approximate surface area is 82.3 Å². The van der Waals surface area contributed by atoms with Gasteiger partial charge < -0.3 is 9.57 Å². The lowest BCUT2D eigenvalue weighted by Gasteiger charge is -2.13. The molecule has 0 amide bonds. The Kier molecular flexibility index (Phi) is 5.59. The lowest BCUT2D eigenvalue weighted by atomic mass is 9.99. The van der Waals surface area contributed by atoms with E-state index in [-0.39, 0.29) is 31.0 Å². The van der Waals surface area contributed by atoms with Crippen LogP contribution in [0, 0.1) is 22.0 Å². The summed E-state index contributed by atoms with van der Waals surface area (Å²) in [5.41, 5.74) is 0. The van der Waals surface area contributed by atoms with Gasteiger partial charge in [0.2, 0.25) is 0 Å². The summed E-state index contributed by atoms with van der Waals surface area (Å²) >= 11 is 0. The van der Waals surface area contributed by atoms with Crippen molar-refractivity contribution in [1.29, 1.82) is 0 Å². The predicted octanol–water partition coefficient (Wildman–Crippen LogP) is 1.03. The molecule has 0 rings (SSSR count). The molecule has 1 atom stereocenters. The van der Waals surface area contributed by atoms with Crippen molar-refractivity contribution in [1.82, 2.24) is 0 Å². The highest BCUT2D eigenvalue weighted by Crippen LogP contribution is 2.10. The molecule has 0 aliphatic carbocycles. The molecule has 0 aliphatic heterocycles. The summed E-state index contributed by atoms with van der Waals surface area (Å²) in [6, 6.07) is 0. The summed E-state index contributed by atoms with van der Waals surface area (Å²) < 4.78 is 4.75. The zero-order valence-electron chi connectivity index (χ0n) is 8.56. The SMILES string of the molecule is CC(C)[C@H](C)C(=O)OCCO[N+](=O)[O-]. The summed E-state index contributed by atoms with van der Waals surface area (Å²) in [6.45, 7) is 5.25. The quantitative estimate of drug-likeness (QED) is 0.280. The first kappa shape index (κ1) is 12.7. The summed E-state index contributed by atoms with van der Waals surface area (Å²) in [6.07, 6.45) is 0. The number of carbonyl (C=O) groups excluding carboxylic acids is 1. The van der Waals surface area contributed by atoms with Gasteiger partial charge in [-0.25, -0.2) is 0 Å². The van der Waals surface area contributed by atoms with E-state index in [0.29, 0.717) is 0 Å². The fourth-order valence-corrected chi connectivity index (χ4v) is 0.658. The molecule has 0 spiro atoms. The molecule has 0 saturated heterocycles. The molecule has 0 radical (unpaired) electrons. The highest BCUT2D eigenvalue weighted by molar-refractivity contribution is 5.72. The minimum absolute atomic E-state index is 0.0864. The lowest BCUT2D eigenvalue weighted by Crippen LogP contribution is -2.22. The van der Waals surface area contributed by atoms with E-state index in [0.717, 1.165) is 0 Å². The van der Waals surface area contributed by atoms with E-state index in [2.05, 4.69) is 4.84 Å². The number of esters is 1. The molecule has 0 unspecified atom stereocenters. The molecule has 0 N–H and O–H groups in total. The summed E-state index contributed by atoms with van der Waals surface area (Å²) in [4.78, 5) is 24.9. The van der Waals surface area contributed by atoms with Crippen LogP contribution in [0.4, 0.5) is 0 Å². The van der Waals surface area contributed by atoms with Gasteiger partial charge in [0.1, 0.15) is 13.2 Å². The number of carbonyl (C=O) groups is 1. The molecule has 6 heteroatoms. The summed E-state index contributed by atoms with van der Waals surface area (Å²) in [5, 5.41) is 8.81. The molecule has 14 heavy (non-hydrogen) atoms. The first-order valence-corrected chi connectivity index (χ1v) is 4.39. The molecular weight excluding hydrogens is 190 g/mol. The van der Waals surface area contributed by atoms with Crippen molar-refractivity contribution in [2.75, 3.05) is 13.2 Å². The van der Waals surface area contributed by atoms with Crippen LogP contribution >= 0.6 is 0 Å². The Hall–Kier alpha value is -1.33. The lowest BCUT2D eigenvalue weighted by molar-refractivity contribution is -0.757. The van der Waals surface area contributed by atoms with Gasteiger partial charge in [-0.05, 0) is 5.92 Å². The highest BCUT2D eigenvalue weighted by atomic mass is 17.0. The normalized spacial score (nSPS) is 12.3. The second-order valence-corrected chi connectivity index (χ2v) is 3.26. The third kappa shape index (κ3) is 5.34. The average molecular weight is 205 g/mol. The Morgan fingerprint density at radius 1 is 1.36 bits per heavy atom. The van der Waals surface area contributed by atoms with Gasteiger partial charge in [0.25, 0.3) is 5.09 Å². The Bertz CT molecular complexity index is 204. The molecule has 6 nitrogen and oxygen atoms in total. The van der Waals surface area contributed by atoms with E-state index in [9.17, 15) is 14.9 Å². The van der Waals surface area contributed by atoms with E-state index in [1.807, 2.05) is 13.8 Å². The molecule has 0 aromatic carbocycles. The van der Waals surface area contributed by atoms with Gasteiger partial charge in [-0.2, -0.15) is 0 Å². The maximum Gasteiger partial charge on any atom is 0.308 e. The molecule has 82 valence electrons. The van der Waals surface area contributed by atoms with E-state index < -0.39 is 5.09 Å². The van der Waals surface area contributed by atoms with Crippen LogP contribution < -0.4 is 0 Å². The van der Waals surface area contributed by atoms with Crippen LogP contribution in [0.15, 0.2) is 0 Å². The van der Waals surface area contributed by atoms with Gasteiger partial charge in [0.15, 0.2) is 0 Å². The standard InChI is InChI=1S/C8H15NO5/c1-6(2)7(3)8(10)13-4-5-14-9(11)12/h6-7H,4-5H2,1-3H3/t7-/m0/s1. The number of nitrogens with zero attached hydrogens (tertiary/aromatic N) is 1. The van der Waals surface area contributed by atoms with Crippen LogP contribution in [-0.4, -0.2) is 24.3 Å². The molecule has 0 fully saturated rings. The largest absolute Gasteiger partial charge is 0.463 e. The first-order valence-electron chi connectivity index (χ1n) is 4.39. The van der Waals surface area contributed by atoms with Crippen molar-refractivity contribution in [2.24, 2.45) is 11.8 Å². The highest BCUT2D eigenvalue weighted by Gasteiger charge is 2.17. The van der Waals surface area contributed by atoms with Gasteiger partial charge in [0.05, 0.1) is 5.92 Å². The smallest absolute Gasteiger partial charge is 0.308 e. The van der Waals surface area contributed by atoms with Crippen LogP contribution in [0.3, 0.4) is 0 Å². The zero-order valence-corrected chi connectivity index (χ0v) is 8.56. The molecule has 0 aromatic rings. The van der Waals surface area contributed by atoms with Crippen LogP contribution in [0.5, 0.6) is 0 Å². The minimum atomic E-state index is -0.917. The topological polar surface area (TPSA) is 78.7 Å². The molecule has 0 heterocycles. The van der Waals surface area contributed by atoms with E-state index in [4.69, 9.17) is 4.74 Å². The second-order valence-electron chi connectivity index (χ2n) is 3.26. The number of hydrogen-bond donors (Lipinski definition) is 0. The summed E-state index contributed by atoms with van der Waals surface area (Å²) in [5.74, 6) is -0.364.